The molecule has 2 atom stereocenters. The summed E-state index contributed by atoms with van der Waals surface area (Å²) in [4.78, 5) is 24.1. The molecule has 140 valence electrons. The first-order valence-corrected chi connectivity index (χ1v) is 8.21. The van der Waals surface area contributed by atoms with Crippen molar-refractivity contribution < 1.29 is 18.7 Å². The number of rotatable bonds is 5. The molecule has 0 bridgehead atoms. The Morgan fingerprint density at radius 1 is 1.38 bits per heavy atom. The summed E-state index contributed by atoms with van der Waals surface area (Å²) in [5, 5.41) is 5.74. The lowest BCUT2D eigenvalue weighted by Gasteiger charge is -2.26. The van der Waals surface area contributed by atoms with Crippen LogP contribution in [0.2, 0.25) is 0 Å². The Bertz CT molecular complexity index is 805. The minimum Gasteiger partial charge on any atom is -0.478 e. The smallest absolute Gasteiger partial charge is 0.265 e. The van der Waals surface area contributed by atoms with Crippen LogP contribution in [0.4, 0.5) is 5.69 Å². The SMILES string of the molecule is CCC1Oc2cc(C(C)NC(=O)c3coc(CN)c3)ccc2NC1=O.Cl. The van der Waals surface area contributed by atoms with Gasteiger partial charge in [-0.05, 0) is 37.1 Å². The van der Waals surface area contributed by atoms with Gasteiger partial charge in [-0.2, -0.15) is 0 Å². The van der Waals surface area contributed by atoms with Gasteiger partial charge in [0, 0.05) is 0 Å². The van der Waals surface area contributed by atoms with E-state index in [9.17, 15) is 9.59 Å². The van der Waals surface area contributed by atoms with Crippen LogP contribution in [0.5, 0.6) is 5.75 Å². The first kappa shape index (κ1) is 19.8. The van der Waals surface area contributed by atoms with E-state index in [1.54, 1.807) is 12.1 Å². The predicted octanol–water partition coefficient (Wildman–Crippen LogP) is 2.76. The van der Waals surface area contributed by atoms with Gasteiger partial charge in [0.15, 0.2) is 6.10 Å². The van der Waals surface area contributed by atoms with Gasteiger partial charge >= 0.3 is 0 Å². The molecule has 0 radical (unpaired) electrons. The van der Waals surface area contributed by atoms with Crippen LogP contribution in [0.3, 0.4) is 0 Å². The van der Waals surface area contributed by atoms with Crippen LogP contribution in [0.15, 0.2) is 34.9 Å². The molecular weight excluding hydrogens is 358 g/mol. The van der Waals surface area contributed by atoms with E-state index in [0.29, 0.717) is 29.2 Å². The number of fused-ring (bicyclic) bond motifs is 1. The number of hydrogen-bond acceptors (Lipinski definition) is 5. The lowest BCUT2D eigenvalue weighted by molar-refractivity contribution is -0.123. The van der Waals surface area contributed by atoms with Crippen molar-refractivity contribution in [1.29, 1.82) is 0 Å². The second-order valence-corrected chi connectivity index (χ2v) is 5.96. The van der Waals surface area contributed by atoms with E-state index in [-0.39, 0.29) is 36.8 Å². The van der Waals surface area contributed by atoms with Crippen molar-refractivity contribution in [1.82, 2.24) is 5.32 Å². The fourth-order valence-electron chi connectivity index (χ4n) is 2.67. The van der Waals surface area contributed by atoms with Crippen molar-refractivity contribution in [2.24, 2.45) is 5.73 Å². The standard InChI is InChI=1S/C18H21N3O4.ClH/c1-3-15-18(23)21-14-5-4-11(7-16(14)25-15)10(2)20-17(22)12-6-13(8-19)24-9-12;/h4-7,9-10,15H,3,8,19H2,1-2H3,(H,20,22)(H,21,23);1H. The molecule has 3 rings (SSSR count). The summed E-state index contributed by atoms with van der Waals surface area (Å²) in [6.45, 7) is 4.01. The minimum atomic E-state index is -0.492. The number of nitrogens with two attached hydrogens (primary N) is 1. The highest BCUT2D eigenvalue weighted by Gasteiger charge is 2.26. The second-order valence-electron chi connectivity index (χ2n) is 5.96. The molecular formula is C18H22ClN3O4. The van der Waals surface area contributed by atoms with Gasteiger partial charge in [-0.15, -0.1) is 12.4 Å². The van der Waals surface area contributed by atoms with E-state index in [1.165, 1.54) is 6.26 Å². The topological polar surface area (TPSA) is 107 Å². The largest absolute Gasteiger partial charge is 0.478 e. The molecule has 26 heavy (non-hydrogen) atoms. The molecule has 8 heteroatoms. The van der Waals surface area contributed by atoms with E-state index in [2.05, 4.69) is 10.6 Å². The molecule has 0 saturated carbocycles. The molecule has 0 saturated heterocycles. The third kappa shape index (κ3) is 4.00. The maximum atomic E-state index is 12.3. The van der Waals surface area contributed by atoms with Gasteiger partial charge in [0.25, 0.3) is 11.8 Å². The van der Waals surface area contributed by atoms with Crippen LogP contribution in [0.1, 0.15) is 48.0 Å². The number of benzene rings is 1. The van der Waals surface area contributed by atoms with Crippen LogP contribution in [-0.4, -0.2) is 17.9 Å². The second kappa shape index (κ2) is 8.25. The number of furan rings is 1. The van der Waals surface area contributed by atoms with Crippen LogP contribution in [-0.2, 0) is 11.3 Å². The Kier molecular flexibility index (Phi) is 6.28. The summed E-state index contributed by atoms with van der Waals surface area (Å²) in [7, 11) is 0. The number of amides is 2. The monoisotopic (exact) mass is 379 g/mol. The number of carbonyl (C=O) groups is 2. The highest BCUT2D eigenvalue weighted by molar-refractivity contribution is 5.98. The van der Waals surface area contributed by atoms with Gasteiger partial charge in [0.05, 0.1) is 23.8 Å². The molecule has 1 aliphatic heterocycles. The lowest BCUT2D eigenvalue weighted by Crippen LogP contribution is -2.36. The third-order valence-electron chi connectivity index (χ3n) is 4.16. The van der Waals surface area contributed by atoms with Crippen molar-refractivity contribution >= 4 is 29.9 Å². The summed E-state index contributed by atoms with van der Waals surface area (Å²) in [6.07, 6.45) is 1.49. The first-order chi connectivity index (χ1) is 12.0. The molecule has 0 spiro atoms. The number of anilines is 1. The van der Waals surface area contributed by atoms with Crippen molar-refractivity contribution in [2.75, 3.05) is 5.32 Å². The van der Waals surface area contributed by atoms with Gasteiger partial charge < -0.3 is 25.5 Å². The summed E-state index contributed by atoms with van der Waals surface area (Å²) in [6, 6.07) is 6.85. The molecule has 2 unspecified atom stereocenters. The summed E-state index contributed by atoms with van der Waals surface area (Å²) in [5.41, 5.74) is 7.43. The maximum absolute atomic E-state index is 12.3. The van der Waals surface area contributed by atoms with Gasteiger partial charge in [0.1, 0.15) is 17.8 Å². The zero-order valence-electron chi connectivity index (χ0n) is 14.6. The van der Waals surface area contributed by atoms with E-state index >= 15 is 0 Å². The van der Waals surface area contributed by atoms with Gasteiger partial charge in [-0.1, -0.05) is 13.0 Å². The summed E-state index contributed by atoms with van der Waals surface area (Å²) in [5.74, 6) is 0.786. The Morgan fingerprint density at radius 2 is 2.15 bits per heavy atom. The van der Waals surface area contributed by atoms with E-state index in [4.69, 9.17) is 14.9 Å². The molecule has 1 aromatic carbocycles. The predicted molar refractivity (Wildman–Crippen MR) is 99.5 cm³/mol. The first-order valence-electron chi connectivity index (χ1n) is 8.21. The Labute approximate surface area is 157 Å². The molecule has 0 fully saturated rings. The van der Waals surface area contributed by atoms with E-state index in [0.717, 1.165) is 5.56 Å². The van der Waals surface area contributed by atoms with Crippen molar-refractivity contribution in [2.45, 2.75) is 39.0 Å². The fraction of sp³-hybridized carbons (Fsp3) is 0.333. The average Bonchev–Trinajstić information content (AvgIpc) is 3.10. The molecule has 1 aromatic heterocycles. The lowest BCUT2D eigenvalue weighted by atomic mass is 10.1. The highest BCUT2D eigenvalue weighted by atomic mass is 35.5. The molecule has 2 heterocycles. The quantitative estimate of drug-likeness (QED) is 0.740. The Morgan fingerprint density at radius 3 is 2.81 bits per heavy atom. The van der Waals surface area contributed by atoms with E-state index in [1.807, 2.05) is 26.0 Å². The van der Waals surface area contributed by atoms with Crippen LogP contribution >= 0.6 is 12.4 Å². The van der Waals surface area contributed by atoms with Crippen molar-refractivity contribution in [3.05, 3.63) is 47.4 Å². The fourth-order valence-corrected chi connectivity index (χ4v) is 2.67. The average molecular weight is 380 g/mol. The molecule has 7 nitrogen and oxygen atoms in total. The van der Waals surface area contributed by atoms with E-state index < -0.39 is 6.10 Å². The van der Waals surface area contributed by atoms with Crippen LogP contribution in [0, 0.1) is 0 Å². The number of ether oxygens (including phenoxy) is 1. The Hall–Kier alpha value is -2.51. The molecule has 4 N–H and O–H groups in total. The third-order valence-corrected chi connectivity index (χ3v) is 4.16. The van der Waals surface area contributed by atoms with Gasteiger partial charge in [0.2, 0.25) is 0 Å². The number of halogens is 1. The summed E-state index contributed by atoms with van der Waals surface area (Å²) >= 11 is 0. The molecule has 1 aliphatic rings. The van der Waals surface area contributed by atoms with Crippen molar-refractivity contribution in [3.8, 4) is 5.75 Å². The number of nitrogens with one attached hydrogen (secondary N) is 2. The van der Waals surface area contributed by atoms with Crippen LogP contribution in [0.25, 0.3) is 0 Å². The summed E-state index contributed by atoms with van der Waals surface area (Å²) < 4.78 is 10.9. The number of hydrogen-bond donors (Lipinski definition) is 3. The molecule has 2 aromatic rings. The minimum absolute atomic E-state index is 0. The zero-order chi connectivity index (χ0) is 18.0. The highest BCUT2D eigenvalue weighted by Crippen LogP contribution is 2.33. The van der Waals surface area contributed by atoms with Gasteiger partial charge in [-0.25, -0.2) is 0 Å². The Balaban J connectivity index is 0.00000243. The zero-order valence-corrected chi connectivity index (χ0v) is 15.4. The normalized spacial score (nSPS) is 16.6. The molecule has 2 amide bonds. The van der Waals surface area contributed by atoms with Crippen LogP contribution < -0.4 is 21.1 Å². The van der Waals surface area contributed by atoms with Crippen molar-refractivity contribution in [3.63, 3.8) is 0 Å². The molecule has 0 aliphatic carbocycles. The number of carbonyl (C=O) groups excluding carboxylic acids is 2. The van der Waals surface area contributed by atoms with Gasteiger partial charge in [-0.3, -0.25) is 9.59 Å². The maximum Gasteiger partial charge on any atom is 0.265 e.